The van der Waals surface area contributed by atoms with Crippen molar-refractivity contribution >= 4 is 11.6 Å². The van der Waals surface area contributed by atoms with Crippen molar-refractivity contribution in [2.45, 2.75) is 80.3 Å². The number of Topliss-reactive ketones (excluding diaryl/α,β-unsaturated/α-hetero) is 2. The third-order valence-electron chi connectivity index (χ3n) is 6.26. The smallest absolute Gasteiger partial charge is 0.173 e. The molecular weight excluding hydrogens is 452 g/mol. The van der Waals surface area contributed by atoms with E-state index in [1.54, 1.807) is 34.6 Å². The van der Waals surface area contributed by atoms with E-state index in [0.717, 1.165) is 0 Å². The van der Waals surface area contributed by atoms with Gasteiger partial charge in [-0.15, -0.1) is 0 Å². The van der Waals surface area contributed by atoms with Crippen LogP contribution < -0.4 is 4.74 Å². The highest BCUT2D eigenvalue weighted by Crippen LogP contribution is 2.48. The Hall–Kier alpha value is -3.42. The van der Waals surface area contributed by atoms with E-state index in [-0.39, 0.29) is 63.2 Å². The Morgan fingerprint density at radius 3 is 1.77 bits per heavy atom. The number of ether oxygens (including phenoxy) is 1. The molecule has 2 aromatic carbocycles. The minimum Gasteiger partial charge on any atom is -0.507 e. The monoisotopic (exact) mass is 488 g/mol. The van der Waals surface area contributed by atoms with Crippen molar-refractivity contribution in [3.05, 3.63) is 33.4 Å². The lowest BCUT2D eigenvalue weighted by atomic mass is 9.88. The summed E-state index contributed by atoms with van der Waals surface area (Å²) in [6.45, 7) is 11.7. The lowest BCUT2D eigenvalue weighted by molar-refractivity contribution is 0.0919. The van der Waals surface area contributed by atoms with E-state index in [0.29, 0.717) is 12.8 Å². The highest BCUT2D eigenvalue weighted by molar-refractivity contribution is 6.04. The fraction of sp³-hybridized carbons (Fsp3) is 0.481. The van der Waals surface area contributed by atoms with Gasteiger partial charge < -0.3 is 30.3 Å². The second-order valence-corrected chi connectivity index (χ2v) is 9.22. The van der Waals surface area contributed by atoms with Gasteiger partial charge in [0.1, 0.15) is 45.6 Å². The molecule has 1 unspecified atom stereocenters. The molecule has 0 spiro atoms. The van der Waals surface area contributed by atoms with Crippen LogP contribution in [-0.2, 0) is 6.42 Å². The van der Waals surface area contributed by atoms with Crippen LogP contribution >= 0.6 is 0 Å². The molecule has 0 heterocycles. The first-order valence-corrected chi connectivity index (χ1v) is 11.9. The molecule has 0 saturated heterocycles. The SMILES string of the molecule is CCCC(=O)c1c(O)c(Cc2c(O)c(C)c(O)c(C(=O)C(C)CC)c2O)c(O)c(C)c1OC(C)C. The molecule has 5 N–H and O–H groups in total. The predicted octanol–water partition coefficient (Wildman–Crippen LogP) is 5.42. The van der Waals surface area contributed by atoms with Crippen molar-refractivity contribution in [3.63, 3.8) is 0 Å². The summed E-state index contributed by atoms with van der Waals surface area (Å²) in [7, 11) is 0. The quantitative estimate of drug-likeness (QED) is 0.279. The fourth-order valence-electron chi connectivity index (χ4n) is 3.96. The molecule has 0 saturated carbocycles. The van der Waals surface area contributed by atoms with Gasteiger partial charge in [-0.05, 0) is 40.5 Å². The minimum absolute atomic E-state index is 0.0257. The Kier molecular flexibility index (Phi) is 8.65. The van der Waals surface area contributed by atoms with Gasteiger partial charge in [-0.2, -0.15) is 0 Å². The van der Waals surface area contributed by atoms with Gasteiger partial charge in [0.05, 0.1) is 6.10 Å². The number of carbonyl (C=O) groups excluding carboxylic acids is 2. The molecule has 0 aliphatic rings. The lowest BCUT2D eigenvalue weighted by Crippen LogP contribution is -2.14. The van der Waals surface area contributed by atoms with Crippen LogP contribution in [0.1, 0.15) is 96.9 Å². The molecule has 35 heavy (non-hydrogen) atoms. The zero-order valence-corrected chi connectivity index (χ0v) is 21.4. The van der Waals surface area contributed by atoms with Gasteiger partial charge in [-0.1, -0.05) is 20.8 Å². The molecule has 2 aromatic rings. The summed E-state index contributed by atoms with van der Waals surface area (Å²) in [5, 5.41) is 54.2. The van der Waals surface area contributed by atoms with Crippen molar-refractivity contribution in [2.75, 3.05) is 0 Å². The molecular formula is C27H36O8. The van der Waals surface area contributed by atoms with Gasteiger partial charge in [0.25, 0.3) is 0 Å². The maximum absolute atomic E-state index is 12.9. The first-order chi connectivity index (χ1) is 16.3. The molecule has 1 atom stereocenters. The Morgan fingerprint density at radius 1 is 0.771 bits per heavy atom. The van der Waals surface area contributed by atoms with Crippen LogP contribution in [0.4, 0.5) is 0 Å². The van der Waals surface area contributed by atoms with Crippen molar-refractivity contribution in [3.8, 4) is 34.5 Å². The van der Waals surface area contributed by atoms with Crippen molar-refractivity contribution in [1.82, 2.24) is 0 Å². The zero-order valence-electron chi connectivity index (χ0n) is 21.4. The van der Waals surface area contributed by atoms with Crippen LogP contribution in [0.25, 0.3) is 0 Å². The Labute approximate surface area is 205 Å². The van der Waals surface area contributed by atoms with E-state index >= 15 is 0 Å². The molecule has 0 aliphatic heterocycles. The van der Waals surface area contributed by atoms with Gasteiger partial charge >= 0.3 is 0 Å². The van der Waals surface area contributed by atoms with Gasteiger partial charge in [0.2, 0.25) is 0 Å². The Bertz CT molecular complexity index is 1150. The number of carbonyl (C=O) groups is 2. The largest absolute Gasteiger partial charge is 0.507 e. The third kappa shape index (κ3) is 5.16. The topological polar surface area (TPSA) is 145 Å². The molecule has 0 aromatic heterocycles. The number of phenolic OH excluding ortho intramolecular Hbond substituents is 5. The number of rotatable bonds is 10. The highest BCUT2D eigenvalue weighted by Gasteiger charge is 2.32. The van der Waals surface area contributed by atoms with E-state index in [2.05, 4.69) is 0 Å². The van der Waals surface area contributed by atoms with Crippen molar-refractivity contribution in [2.24, 2.45) is 5.92 Å². The van der Waals surface area contributed by atoms with Crippen molar-refractivity contribution in [1.29, 1.82) is 0 Å². The number of hydrogen-bond donors (Lipinski definition) is 5. The summed E-state index contributed by atoms with van der Waals surface area (Å²) in [6, 6.07) is 0. The molecule has 0 fully saturated rings. The van der Waals surface area contributed by atoms with Gasteiger partial charge in [-0.25, -0.2) is 0 Å². The average Bonchev–Trinajstić information content (AvgIpc) is 2.80. The normalized spacial score (nSPS) is 12.1. The highest BCUT2D eigenvalue weighted by atomic mass is 16.5. The van der Waals surface area contributed by atoms with Crippen LogP contribution in [0.15, 0.2) is 0 Å². The molecule has 0 aliphatic carbocycles. The average molecular weight is 489 g/mol. The molecule has 8 heteroatoms. The van der Waals surface area contributed by atoms with E-state index in [4.69, 9.17) is 4.74 Å². The van der Waals surface area contributed by atoms with Crippen LogP contribution in [0.2, 0.25) is 0 Å². The first kappa shape index (κ1) is 27.8. The van der Waals surface area contributed by atoms with Crippen LogP contribution in [0.5, 0.6) is 34.5 Å². The molecule has 8 nitrogen and oxygen atoms in total. The van der Waals surface area contributed by atoms with Crippen LogP contribution in [-0.4, -0.2) is 43.2 Å². The van der Waals surface area contributed by atoms with Gasteiger partial charge in [-0.3, -0.25) is 9.59 Å². The lowest BCUT2D eigenvalue weighted by Gasteiger charge is -2.22. The van der Waals surface area contributed by atoms with E-state index < -0.39 is 41.1 Å². The number of benzene rings is 2. The van der Waals surface area contributed by atoms with E-state index in [9.17, 15) is 35.1 Å². The predicted molar refractivity (Wildman–Crippen MR) is 132 cm³/mol. The molecule has 0 bridgehead atoms. The Morgan fingerprint density at radius 2 is 1.29 bits per heavy atom. The van der Waals surface area contributed by atoms with E-state index in [1.165, 1.54) is 6.92 Å². The van der Waals surface area contributed by atoms with Crippen LogP contribution in [0, 0.1) is 19.8 Å². The summed E-state index contributed by atoms with van der Waals surface area (Å²) in [4.78, 5) is 25.8. The summed E-state index contributed by atoms with van der Waals surface area (Å²) in [5.74, 6) is -3.87. The molecule has 0 amide bonds. The summed E-state index contributed by atoms with van der Waals surface area (Å²) >= 11 is 0. The number of aromatic hydroxyl groups is 5. The second kappa shape index (κ2) is 10.9. The summed E-state index contributed by atoms with van der Waals surface area (Å²) in [5.41, 5.74) is -0.503. The zero-order chi connectivity index (χ0) is 26.8. The number of ketones is 2. The summed E-state index contributed by atoms with van der Waals surface area (Å²) in [6.07, 6.45) is 0.372. The summed E-state index contributed by atoms with van der Waals surface area (Å²) < 4.78 is 5.76. The second-order valence-electron chi connectivity index (χ2n) is 9.22. The fourth-order valence-corrected chi connectivity index (χ4v) is 3.96. The third-order valence-corrected chi connectivity index (χ3v) is 6.26. The first-order valence-electron chi connectivity index (χ1n) is 11.9. The van der Waals surface area contributed by atoms with Crippen molar-refractivity contribution < 1.29 is 39.9 Å². The van der Waals surface area contributed by atoms with Crippen LogP contribution in [0.3, 0.4) is 0 Å². The minimum atomic E-state index is -0.642. The molecule has 2 rings (SSSR count). The Balaban J connectivity index is 2.84. The van der Waals surface area contributed by atoms with E-state index in [1.807, 2.05) is 6.92 Å². The van der Waals surface area contributed by atoms with Gasteiger partial charge in [0.15, 0.2) is 11.6 Å². The standard InChI is InChI=1S/C27H36O8/c1-8-10-18(28)19-25(33)17(23(31)15(7)27(19)35-12(3)4)11-16-22(30)14(6)24(32)20(26(16)34)21(29)13(5)9-2/h12-13,30-34H,8-11H2,1-7H3. The number of phenols is 5. The maximum atomic E-state index is 12.9. The molecule has 0 radical (unpaired) electrons. The molecule has 192 valence electrons. The maximum Gasteiger partial charge on any atom is 0.173 e. The van der Waals surface area contributed by atoms with Gasteiger partial charge in [0, 0.05) is 41.0 Å². The number of hydrogen-bond acceptors (Lipinski definition) is 8.